The summed E-state index contributed by atoms with van der Waals surface area (Å²) in [5.41, 5.74) is 1.40. The van der Waals surface area contributed by atoms with Crippen LogP contribution in [-0.2, 0) is 16.1 Å². The Kier molecular flexibility index (Phi) is 6.40. The minimum atomic E-state index is -0.196. The van der Waals surface area contributed by atoms with E-state index in [1.165, 1.54) is 0 Å². The van der Waals surface area contributed by atoms with Gasteiger partial charge in [-0.25, -0.2) is 4.79 Å². The topological polar surface area (TPSA) is 95.6 Å². The lowest BCUT2D eigenvalue weighted by atomic mass is 10.1. The van der Waals surface area contributed by atoms with Gasteiger partial charge in [-0.2, -0.15) is 0 Å². The van der Waals surface area contributed by atoms with E-state index < -0.39 is 0 Å². The van der Waals surface area contributed by atoms with Crippen molar-refractivity contribution in [1.82, 2.24) is 20.5 Å². The first kappa shape index (κ1) is 18.6. The van der Waals surface area contributed by atoms with E-state index in [0.29, 0.717) is 18.3 Å². The van der Waals surface area contributed by atoms with Gasteiger partial charge in [0.15, 0.2) is 0 Å². The first-order valence-electron chi connectivity index (χ1n) is 9.17. The highest BCUT2D eigenvalue weighted by Gasteiger charge is 2.23. The number of nitrogens with zero attached hydrogens (tertiary/aromatic N) is 2. The zero-order chi connectivity index (χ0) is 18.4. The Bertz CT molecular complexity index is 627. The van der Waals surface area contributed by atoms with Crippen LogP contribution < -0.4 is 16.0 Å². The maximum Gasteiger partial charge on any atom is 0.315 e. The van der Waals surface area contributed by atoms with Crippen molar-refractivity contribution in [2.75, 3.05) is 32.1 Å². The van der Waals surface area contributed by atoms with E-state index in [-0.39, 0.29) is 24.6 Å². The van der Waals surface area contributed by atoms with Crippen molar-refractivity contribution in [2.24, 2.45) is 0 Å². The van der Waals surface area contributed by atoms with Crippen molar-refractivity contribution in [2.45, 2.75) is 44.4 Å². The van der Waals surface area contributed by atoms with Gasteiger partial charge in [-0.1, -0.05) is 0 Å². The van der Waals surface area contributed by atoms with Gasteiger partial charge >= 0.3 is 6.03 Å². The second-order valence-corrected chi connectivity index (χ2v) is 7.00. The van der Waals surface area contributed by atoms with Crippen LogP contribution in [0, 0.1) is 0 Å². The zero-order valence-corrected chi connectivity index (χ0v) is 15.2. The van der Waals surface area contributed by atoms with Crippen LogP contribution in [0.15, 0.2) is 18.5 Å². The summed E-state index contributed by atoms with van der Waals surface area (Å²) in [5, 5.41) is 8.51. The monoisotopic (exact) mass is 361 g/mol. The van der Waals surface area contributed by atoms with Crippen molar-refractivity contribution in [3.05, 3.63) is 24.0 Å². The number of aromatic nitrogens is 1. The molecule has 3 amide bonds. The molecule has 0 radical (unpaired) electrons. The first-order valence-corrected chi connectivity index (χ1v) is 9.17. The van der Waals surface area contributed by atoms with E-state index in [1.807, 2.05) is 0 Å². The van der Waals surface area contributed by atoms with Gasteiger partial charge < -0.3 is 25.6 Å². The fraction of sp³-hybridized carbons (Fsp3) is 0.611. The number of nitrogens with one attached hydrogen (secondary N) is 3. The molecule has 3 N–H and O–H groups in total. The average molecular weight is 361 g/mol. The number of carbonyl (C=O) groups is 2. The molecule has 0 aromatic carbocycles. The average Bonchev–Trinajstić information content (AvgIpc) is 3.44. The fourth-order valence-corrected chi connectivity index (χ4v) is 2.86. The predicted octanol–water partition coefficient (Wildman–Crippen LogP) is 1.09. The predicted molar refractivity (Wildman–Crippen MR) is 97.7 cm³/mol. The summed E-state index contributed by atoms with van der Waals surface area (Å²) in [5.74, 6) is -0.196. The van der Waals surface area contributed by atoms with E-state index in [2.05, 4.69) is 32.9 Å². The van der Waals surface area contributed by atoms with Gasteiger partial charge in [0.05, 0.1) is 6.10 Å². The molecule has 1 aromatic rings. The van der Waals surface area contributed by atoms with Crippen LogP contribution in [0.5, 0.6) is 0 Å². The second-order valence-electron chi connectivity index (χ2n) is 7.00. The van der Waals surface area contributed by atoms with E-state index >= 15 is 0 Å². The van der Waals surface area contributed by atoms with Crippen LogP contribution >= 0.6 is 0 Å². The molecular weight excluding hydrogens is 334 g/mol. The van der Waals surface area contributed by atoms with E-state index in [1.54, 1.807) is 18.5 Å². The molecule has 2 aliphatic rings. The van der Waals surface area contributed by atoms with E-state index in [9.17, 15) is 9.59 Å². The summed E-state index contributed by atoms with van der Waals surface area (Å²) < 4.78 is 5.72. The Morgan fingerprint density at radius 2 is 2.04 bits per heavy atom. The smallest absolute Gasteiger partial charge is 0.315 e. The number of carbonyl (C=O) groups excluding carboxylic acids is 2. The van der Waals surface area contributed by atoms with Gasteiger partial charge in [-0.15, -0.1) is 0 Å². The normalized spacial score (nSPS) is 18.3. The molecule has 8 heteroatoms. The molecule has 1 aliphatic carbocycles. The number of anilines is 1. The summed E-state index contributed by atoms with van der Waals surface area (Å²) >= 11 is 0. The van der Waals surface area contributed by atoms with E-state index in [0.717, 1.165) is 44.3 Å². The molecular formula is C18H27N5O3. The van der Waals surface area contributed by atoms with Crippen LogP contribution in [0.4, 0.5) is 10.5 Å². The molecule has 1 saturated carbocycles. The molecule has 1 aromatic heterocycles. The molecule has 8 nitrogen and oxygen atoms in total. The third-order valence-corrected chi connectivity index (χ3v) is 4.65. The van der Waals surface area contributed by atoms with Gasteiger partial charge in [0, 0.05) is 49.3 Å². The SMILES string of the molecule is CN1CCC(OCC(=O)Nc2ccncc2CNC(=O)NC2CC2)CC1. The van der Waals surface area contributed by atoms with Gasteiger partial charge in [-0.05, 0) is 38.8 Å². The molecule has 0 unspecified atom stereocenters. The van der Waals surface area contributed by atoms with Crippen molar-refractivity contribution in [1.29, 1.82) is 0 Å². The summed E-state index contributed by atoms with van der Waals surface area (Å²) in [4.78, 5) is 30.3. The highest BCUT2D eigenvalue weighted by molar-refractivity contribution is 5.92. The Morgan fingerprint density at radius 3 is 2.77 bits per heavy atom. The zero-order valence-electron chi connectivity index (χ0n) is 15.2. The number of urea groups is 1. The summed E-state index contributed by atoms with van der Waals surface area (Å²) in [6, 6.07) is 1.84. The van der Waals surface area contributed by atoms with Crippen LogP contribution in [-0.4, -0.2) is 60.7 Å². The third kappa shape index (κ3) is 5.96. The first-order chi connectivity index (χ1) is 12.6. The van der Waals surface area contributed by atoms with Gasteiger partial charge in [0.1, 0.15) is 6.61 Å². The number of likely N-dealkylation sites (tertiary alicyclic amines) is 1. The largest absolute Gasteiger partial charge is 0.368 e. The molecule has 26 heavy (non-hydrogen) atoms. The highest BCUT2D eigenvalue weighted by Crippen LogP contribution is 2.18. The quantitative estimate of drug-likeness (QED) is 0.676. The van der Waals surface area contributed by atoms with Crippen molar-refractivity contribution in [3.8, 4) is 0 Å². The minimum Gasteiger partial charge on any atom is -0.368 e. The third-order valence-electron chi connectivity index (χ3n) is 4.65. The summed E-state index contributed by atoms with van der Waals surface area (Å²) in [6.07, 6.45) is 7.38. The Balaban J connectivity index is 1.44. The maximum absolute atomic E-state index is 12.2. The van der Waals surface area contributed by atoms with Crippen molar-refractivity contribution in [3.63, 3.8) is 0 Å². The molecule has 0 atom stereocenters. The molecule has 142 valence electrons. The van der Waals surface area contributed by atoms with Crippen LogP contribution in [0.1, 0.15) is 31.2 Å². The maximum atomic E-state index is 12.2. The number of pyridine rings is 1. The summed E-state index contributed by atoms with van der Waals surface area (Å²) in [6.45, 7) is 2.33. The number of hydrogen-bond acceptors (Lipinski definition) is 5. The summed E-state index contributed by atoms with van der Waals surface area (Å²) in [7, 11) is 2.09. The Hall–Kier alpha value is -2.19. The molecule has 0 bridgehead atoms. The Morgan fingerprint density at radius 1 is 1.27 bits per heavy atom. The molecule has 3 rings (SSSR count). The second kappa shape index (κ2) is 8.95. The number of rotatable bonds is 7. The lowest BCUT2D eigenvalue weighted by Crippen LogP contribution is -2.36. The van der Waals surface area contributed by atoms with Crippen LogP contribution in [0.2, 0.25) is 0 Å². The van der Waals surface area contributed by atoms with Crippen molar-refractivity contribution >= 4 is 17.6 Å². The van der Waals surface area contributed by atoms with Gasteiger partial charge in [0.25, 0.3) is 0 Å². The molecule has 0 spiro atoms. The number of ether oxygens (including phenoxy) is 1. The molecule has 2 heterocycles. The van der Waals surface area contributed by atoms with Gasteiger partial charge in [-0.3, -0.25) is 9.78 Å². The molecule has 2 fully saturated rings. The minimum absolute atomic E-state index is 0.0335. The molecule has 1 aliphatic heterocycles. The Labute approximate surface area is 153 Å². The fourth-order valence-electron chi connectivity index (χ4n) is 2.86. The van der Waals surface area contributed by atoms with Crippen LogP contribution in [0.3, 0.4) is 0 Å². The van der Waals surface area contributed by atoms with Gasteiger partial charge in [0.2, 0.25) is 5.91 Å². The molecule has 1 saturated heterocycles. The number of hydrogen-bond donors (Lipinski definition) is 3. The van der Waals surface area contributed by atoms with Crippen molar-refractivity contribution < 1.29 is 14.3 Å². The lowest BCUT2D eigenvalue weighted by Gasteiger charge is -2.28. The lowest BCUT2D eigenvalue weighted by molar-refractivity contribution is -0.123. The standard InChI is InChI=1S/C18H27N5O3/c1-23-8-5-15(6-9-23)26-12-17(24)22-16-4-7-19-10-13(16)11-20-18(25)21-14-2-3-14/h4,7,10,14-15H,2-3,5-6,8-9,11-12H2,1H3,(H,19,22,24)(H2,20,21,25). The number of amides is 3. The number of piperidine rings is 1. The van der Waals surface area contributed by atoms with E-state index in [4.69, 9.17) is 4.74 Å². The highest BCUT2D eigenvalue weighted by atomic mass is 16.5. The van der Waals surface area contributed by atoms with Crippen LogP contribution in [0.25, 0.3) is 0 Å².